The van der Waals surface area contributed by atoms with Crippen LogP contribution in [0, 0.1) is 13.8 Å². The smallest absolute Gasteiger partial charge is 0.338 e. The molecule has 24 heavy (non-hydrogen) atoms. The van der Waals surface area contributed by atoms with Gasteiger partial charge in [0.25, 0.3) is 0 Å². The maximum atomic E-state index is 12.0. The molecule has 1 aromatic heterocycles. The van der Waals surface area contributed by atoms with Crippen molar-refractivity contribution < 1.29 is 14.3 Å². The Labute approximate surface area is 147 Å². The minimum atomic E-state index is -0.355. The summed E-state index contributed by atoms with van der Waals surface area (Å²) in [5.74, 6) is -0.355. The molecule has 0 unspecified atom stereocenters. The molecule has 0 fully saturated rings. The average Bonchev–Trinajstić information content (AvgIpc) is 2.85. The van der Waals surface area contributed by atoms with E-state index in [1.807, 2.05) is 26.0 Å². The number of benzene rings is 1. The summed E-state index contributed by atoms with van der Waals surface area (Å²) in [5.41, 5.74) is 3.00. The molecular formula is C18H23ClN2O3. The molecule has 0 saturated heterocycles. The molecule has 2 rings (SSSR count). The number of aromatic nitrogens is 2. The maximum Gasteiger partial charge on any atom is 0.338 e. The van der Waals surface area contributed by atoms with Gasteiger partial charge in [-0.1, -0.05) is 24.9 Å². The zero-order chi connectivity index (χ0) is 17.5. The standard InChI is InChI=1S/C18H23ClN2O3/c1-4-5-10-23-11-12-24-18(22)15-6-8-16(9-7-15)21-14(3)17(19)13(2)20-21/h6-9H,4-5,10-12H2,1-3H3. The summed E-state index contributed by atoms with van der Waals surface area (Å²) in [4.78, 5) is 12.0. The lowest BCUT2D eigenvalue weighted by molar-refractivity contribution is 0.0314. The Hall–Kier alpha value is -1.85. The highest BCUT2D eigenvalue weighted by Crippen LogP contribution is 2.22. The van der Waals surface area contributed by atoms with Gasteiger partial charge >= 0.3 is 5.97 Å². The van der Waals surface area contributed by atoms with E-state index in [1.165, 1.54) is 0 Å². The van der Waals surface area contributed by atoms with Crippen molar-refractivity contribution in [3.8, 4) is 5.69 Å². The van der Waals surface area contributed by atoms with Crippen molar-refractivity contribution in [3.63, 3.8) is 0 Å². The molecule has 1 heterocycles. The minimum Gasteiger partial charge on any atom is -0.460 e. The summed E-state index contributed by atoms with van der Waals surface area (Å²) in [6.45, 7) is 7.26. The lowest BCUT2D eigenvalue weighted by Crippen LogP contribution is -2.11. The van der Waals surface area contributed by atoms with Crippen LogP contribution in [0.15, 0.2) is 24.3 Å². The third kappa shape index (κ3) is 4.58. The highest BCUT2D eigenvalue weighted by molar-refractivity contribution is 6.31. The second kappa shape index (κ2) is 8.85. The molecule has 0 aliphatic heterocycles. The van der Waals surface area contributed by atoms with E-state index in [-0.39, 0.29) is 12.6 Å². The van der Waals surface area contributed by atoms with Crippen LogP contribution in [0.2, 0.25) is 5.02 Å². The van der Waals surface area contributed by atoms with Gasteiger partial charge in [0.15, 0.2) is 0 Å². The number of nitrogens with zero attached hydrogens (tertiary/aromatic N) is 2. The number of hydrogen-bond acceptors (Lipinski definition) is 4. The molecule has 2 aromatic rings. The van der Waals surface area contributed by atoms with Crippen LogP contribution >= 0.6 is 11.6 Å². The zero-order valence-corrected chi connectivity index (χ0v) is 15.1. The van der Waals surface area contributed by atoms with Gasteiger partial charge < -0.3 is 9.47 Å². The van der Waals surface area contributed by atoms with Gasteiger partial charge in [0, 0.05) is 6.61 Å². The number of carbonyl (C=O) groups is 1. The van der Waals surface area contributed by atoms with Crippen molar-refractivity contribution >= 4 is 17.6 Å². The van der Waals surface area contributed by atoms with Gasteiger partial charge in [0.2, 0.25) is 0 Å². The van der Waals surface area contributed by atoms with Gasteiger partial charge in [0.1, 0.15) is 6.61 Å². The van der Waals surface area contributed by atoms with Gasteiger partial charge in [-0.2, -0.15) is 5.10 Å². The molecule has 130 valence electrons. The SMILES string of the molecule is CCCCOCCOC(=O)c1ccc(-n2nc(C)c(Cl)c2C)cc1. The fourth-order valence-electron chi connectivity index (χ4n) is 2.24. The van der Waals surface area contributed by atoms with Crippen LogP contribution in [-0.2, 0) is 9.47 Å². The van der Waals surface area contributed by atoms with Crippen molar-refractivity contribution in [1.82, 2.24) is 9.78 Å². The highest BCUT2D eigenvalue weighted by atomic mass is 35.5. The van der Waals surface area contributed by atoms with Gasteiger partial charge in [-0.15, -0.1) is 0 Å². The summed E-state index contributed by atoms with van der Waals surface area (Å²) in [6.07, 6.45) is 2.11. The Morgan fingerprint density at radius 1 is 1.17 bits per heavy atom. The second-order valence-corrected chi connectivity index (χ2v) is 5.92. The fraction of sp³-hybridized carbons (Fsp3) is 0.444. The summed E-state index contributed by atoms with van der Waals surface area (Å²) in [6, 6.07) is 7.09. The van der Waals surface area contributed by atoms with Gasteiger partial charge in [0.05, 0.1) is 34.3 Å². The van der Waals surface area contributed by atoms with E-state index in [1.54, 1.807) is 16.8 Å². The number of hydrogen-bond donors (Lipinski definition) is 0. The van der Waals surface area contributed by atoms with Crippen molar-refractivity contribution in [3.05, 3.63) is 46.2 Å². The highest BCUT2D eigenvalue weighted by Gasteiger charge is 2.12. The van der Waals surface area contributed by atoms with Crippen molar-refractivity contribution in [1.29, 1.82) is 0 Å². The molecule has 5 nitrogen and oxygen atoms in total. The third-order valence-electron chi connectivity index (χ3n) is 3.65. The van der Waals surface area contributed by atoms with Crippen molar-refractivity contribution in [2.75, 3.05) is 19.8 Å². The first kappa shape index (κ1) is 18.5. The minimum absolute atomic E-state index is 0.261. The number of aryl methyl sites for hydroxylation is 1. The average molecular weight is 351 g/mol. The second-order valence-electron chi connectivity index (χ2n) is 5.55. The Balaban J connectivity index is 1.91. The van der Waals surface area contributed by atoms with Crippen molar-refractivity contribution in [2.45, 2.75) is 33.6 Å². The lowest BCUT2D eigenvalue weighted by atomic mass is 10.2. The topological polar surface area (TPSA) is 53.4 Å². The van der Waals surface area contributed by atoms with E-state index in [2.05, 4.69) is 12.0 Å². The molecule has 0 bridgehead atoms. The largest absolute Gasteiger partial charge is 0.460 e. The van der Waals surface area contributed by atoms with Crippen LogP contribution in [0.3, 0.4) is 0 Å². The molecule has 1 aromatic carbocycles. The van der Waals surface area contributed by atoms with Crippen LogP contribution in [0.1, 0.15) is 41.5 Å². The molecule has 6 heteroatoms. The van der Waals surface area contributed by atoms with E-state index in [9.17, 15) is 4.79 Å². The zero-order valence-electron chi connectivity index (χ0n) is 14.3. The van der Waals surface area contributed by atoms with E-state index in [0.29, 0.717) is 23.8 Å². The summed E-state index contributed by atoms with van der Waals surface area (Å²) < 4.78 is 12.3. The lowest BCUT2D eigenvalue weighted by Gasteiger charge is -2.07. The first-order valence-electron chi connectivity index (χ1n) is 8.11. The van der Waals surface area contributed by atoms with Gasteiger partial charge in [-0.3, -0.25) is 0 Å². The Bertz CT molecular complexity index is 680. The number of carbonyl (C=O) groups excluding carboxylic acids is 1. The number of esters is 1. The molecule has 0 aliphatic carbocycles. The summed E-state index contributed by atoms with van der Waals surface area (Å²) >= 11 is 6.16. The van der Waals surface area contributed by atoms with Crippen LogP contribution in [0.5, 0.6) is 0 Å². The molecule has 0 spiro atoms. The Morgan fingerprint density at radius 2 is 1.88 bits per heavy atom. The van der Waals surface area contributed by atoms with Crippen LogP contribution in [0.25, 0.3) is 5.69 Å². The summed E-state index contributed by atoms with van der Waals surface area (Å²) in [7, 11) is 0. The first-order valence-corrected chi connectivity index (χ1v) is 8.49. The van der Waals surface area contributed by atoms with Crippen molar-refractivity contribution in [2.24, 2.45) is 0 Å². The molecule has 0 aliphatic rings. The van der Waals surface area contributed by atoms with E-state index in [0.717, 1.165) is 29.9 Å². The van der Waals surface area contributed by atoms with Crippen LogP contribution in [-0.4, -0.2) is 35.6 Å². The first-order chi connectivity index (χ1) is 11.5. The van der Waals surface area contributed by atoms with E-state index >= 15 is 0 Å². The quantitative estimate of drug-likeness (QED) is 0.531. The van der Waals surface area contributed by atoms with Crippen LogP contribution < -0.4 is 0 Å². The summed E-state index contributed by atoms with van der Waals surface area (Å²) in [5, 5.41) is 5.05. The normalized spacial score (nSPS) is 10.8. The number of ether oxygens (including phenoxy) is 2. The predicted molar refractivity (Wildman–Crippen MR) is 94.1 cm³/mol. The number of unbranched alkanes of at least 4 members (excludes halogenated alkanes) is 1. The fourth-order valence-corrected chi connectivity index (χ4v) is 2.36. The monoisotopic (exact) mass is 350 g/mol. The van der Waals surface area contributed by atoms with E-state index < -0.39 is 0 Å². The predicted octanol–water partition coefficient (Wildman–Crippen LogP) is 4.12. The van der Waals surface area contributed by atoms with Crippen LogP contribution in [0.4, 0.5) is 0 Å². The number of halogens is 1. The molecule has 0 radical (unpaired) electrons. The van der Waals surface area contributed by atoms with E-state index in [4.69, 9.17) is 21.1 Å². The molecule has 0 amide bonds. The Morgan fingerprint density at radius 3 is 2.46 bits per heavy atom. The maximum absolute atomic E-state index is 12.0. The Kier molecular flexibility index (Phi) is 6.82. The number of rotatable bonds is 8. The molecule has 0 saturated carbocycles. The third-order valence-corrected chi connectivity index (χ3v) is 4.20. The molecule has 0 N–H and O–H groups in total. The molecular weight excluding hydrogens is 328 g/mol. The van der Waals surface area contributed by atoms with Gasteiger partial charge in [-0.25, -0.2) is 9.48 Å². The van der Waals surface area contributed by atoms with Gasteiger partial charge in [-0.05, 0) is 44.5 Å². The molecule has 0 atom stereocenters.